The Labute approximate surface area is 95.3 Å². The van der Waals surface area contributed by atoms with Gasteiger partial charge in [-0.2, -0.15) is 0 Å². The van der Waals surface area contributed by atoms with Crippen molar-refractivity contribution in [1.82, 2.24) is 0 Å². The van der Waals surface area contributed by atoms with Gasteiger partial charge in [-0.25, -0.2) is 4.39 Å². The minimum Gasteiger partial charge on any atom is -0.505 e. The Bertz CT molecular complexity index is 386. The van der Waals surface area contributed by atoms with Crippen LogP contribution in [0.1, 0.15) is 42.9 Å². The summed E-state index contributed by atoms with van der Waals surface area (Å²) in [5.74, 6) is -0.458. The lowest BCUT2D eigenvalue weighted by Crippen LogP contribution is -2.19. The van der Waals surface area contributed by atoms with E-state index in [4.69, 9.17) is 5.73 Å². The summed E-state index contributed by atoms with van der Waals surface area (Å²) in [6, 6.07) is 2.89. The van der Waals surface area contributed by atoms with Crippen molar-refractivity contribution in [3.63, 3.8) is 0 Å². The van der Waals surface area contributed by atoms with Gasteiger partial charge in [0, 0.05) is 11.6 Å². The Hall–Kier alpha value is -1.09. The lowest BCUT2D eigenvalue weighted by Gasteiger charge is -2.20. The van der Waals surface area contributed by atoms with Crippen LogP contribution >= 0.6 is 0 Å². The van der Waals surface area contributed by atoms with E-state index in [0.29, 0.717) is 11.5 Å². The Morgan fingerprint density at radius 3 is 2.62 bits per heavy atom. The van der Waals surface area contributed by atoms with Crippen molar-refractivity contribution in [3.05, 3.63) is 29.1 Å². The summed E-state index contributed by atoms with van der Waals surface area (Å²) in [5.41, 5.74) is 7.48. The van der Waals surface area contributed by atoms with Crippen LogP contribution in [0.2, 0.25) is 0 Å². The highest BCUT2D eigenvalue weighted by Crippen LogP contribution is 2.38. The fourth-order valence-corrected chi connectivity index (χ4v) is 2.59. The first-order chi connectivity index (χ1) is 7.59. The number of rotatable bonds is 2. The number of benzene rings is 1. The minimum absolute atomic E-state index is 0.239. The summed E-state index contributed by atoms with van der Waals surface area (Å²) in [4.78, 5) is 0. The first-order valence-electron chi connectivity index (χ1n) is 5.84. The van der Waals surface area contributed by atoms with Gasteiger partial charge in [-0.3, -0.25) is 0 Å². The molecule has 0 saturated heterocycles. The molecule has 2 rings (SSSR count). The topological polar surface area (TPSA) is 46.2 Å². The highest BCUT2D eigenvalue weighted by Gasteiger charge is 2.26. The maximum Gasteiger partial charge on any atom is 0.165 e. The van der Waals surface area contributed by atoms with E-state index in [9.17, 15) is 9.50 Å². The molecular weight excluding hydrogens is 205 g/mol. The molecule has 1 fully saturated rings. The highest BCUT2D eigenvalue weighted by molar-refractivity contribution is 5.39. The molecule has 1 aliphatic rings. The van der Waals surface area contributed by atoms with Gasteiger partial charge in [0.2, 0.25) is 0 Å². The number of nitrogens with two attached hydrogens (primary N) is 1. The highest BCUT2D eigenvalue weighted by atomic mass is 19.1. The van der Waals surface area contributed by atoms with Gasteiger partial charge in [0.15, 0.2) is 11.6 Å². The van der Waals surface area contributed by atoms with E-state index in [-0.39, 0.29) is 11.8 Å². The molecule has 1 aliphatic carbocycles. The van der Waals surface area contributed by atoms with E-state index in [1.807, 2.05) is 6.92 Å². The molecule has 0 amide bonds. The van der Waals surface area contributed by atoms with E-state index in [2.05, 4.69) is 0 Å². The van der Waals surface area contributed by atoms with Crippen LogP contribution in [-0.2, 0) is 0 Å². The Kier molecular flexibility index (Phi) is 3.15. The maximum atomic E-state index is 13.4. The third-order valence-electron chi connectivity index (χ3n) is 3.50. The first kappa shape index (κ1) is 11.4. The van der Waals surface area contributed by atoms with Crippen molar-refractivity contribution >= 4 is 0 Å². The zero-order chi connectivity index (χ0) is 11.7. The molecule has 0 heterocycles. The lowest BCUT2D eigenvalue weighted by atomic mass is 9.91. The Balaban J connectivity index is 2.31. The van der Waals surface area contributed by atoms with E-state index in [1.54, 1.807) is 6.07 Å². The monoisotopic (exact) mass is 223 g/mol. The molecule has 0 radical (unpaired) electrons. The van der Waals surface area contributed by atoms with Gasteiger partial charge >= 0.3 is 0 Å². The number of hydrogen-bond donors (Lipinski definition) is 2. The molecule has 1 aromatic rings. The quantitative estimate of drug-likeness (QED) is 0.809. The standard InChI is InChI=1S/C13H18FNO/c1-8-6-10(13(16)11(14)7-8)12(15)9-4-2-3-5-9/h6-7,9,12,16H,2-5,15H2,1H3/t12-/m1/s1. The predicted octanol–water partition coefficient (Wildman–Crippen LogP) is 3.03. The summed E-state index contributed by atoms with van der Waals surface area (Å²) in [7, 11) is 0. The summed E-state index contributed by atoms with van der Waals surface area (Å²) >= 11 is 0. The van der Waals surface area contributed by atoms with Crippen molar-refractivity contribution in [2.75, 3.05) is 0 Å². The van der Waals surface area contributed by atoms with Crippen molar-refractivity contribution in [1.29, 1.82) is 0 Å². The molecule has 1 aromatic carbocycles. The second-order valence-corrected chi connectivity index (χ2v) is 4.75. The molecule has 1 saturated carbocycles. The number of hydrogen-bond acceptors (Lipinski definition) is 2. The van der Waals surface area contributed by atoms with Gasteiger partial charge in [0.05, 0.1) is 0 Å². The third kappa shape index (κ3) is 2.05. The predicted molar refractivity (Wildman–Crippen MR) is 61.7 cm³/mol. The molecule has 3 N–H and O–H groups in total. The van der Waals surface area contributed by atoms with Crippen molar-refractivity contribution in [2.45, 2.75) is 38.6 Å². The second-order valence-electron chi connectivity index (χ2n) is 4.75. The van der Waals surface area contributed by atoms with Crippen molar-refractivity contribution in [2.24, 2.45) is 11.7 Å². The van der Waals surface area contributed by atoms with Gasteiger partial charge in [-0.15, -0.1) is 0 Å². The SMILES string of the molecule is Cc1cc(F)c(O)c([C@H](N)C2CCCC2)c1. The van der Waals surface area contributed by atoms with Gasteiger partial charge in [0.25, 0.3) is 0 Å². The first-order valence-corrected chi connectivity index (χ1v) is 5.84. The third-order valence-corrected chi connectivity index (χ3v) is 3.50. The van der Waals surface area contributed by atoms with E-state index >= 15 is 0 Å². The molecule has 2 nitrogen and oxygen atoms in total. The zero-order valence-corrected chi connectivity index (χ0v) is 9.54. The van der Waals surface area contributed by atoms with Crippen molar-refractivity contribution < 1.29 is 9.50 Å². The molecule has 0 unspecified atom stereocenters. The van der Waals surface area contributed by atoms with Crippen LogP contribution in [0.4, 0.5) is 4.39 Å². The fraction of sp³-hybridized carbons (Fsp3) is 0.538. The molecule has 0 bridgehead atoms. The summed E-state index contributed by atoms with van der Waals surface area (Å²) in [5, 5.41) is 9.70. The van der Waals surface area contributed by atoms with Crippen LogP contribution in [0.25, 0.3) is 0 Å². The van der Waals surface area contributed by atoms with E-state index in [1.165, 1.54) is 18.9 Å². The number of aryl methyl sites for hydroxylation is 1. The second kappa shape index (κ2) is 4.42. The Morgan fingerprint density at radius 1 is 1.38 bits per heavy atom. The lowest BCUT2D eigenvalue weighted by molar-refractivity contribution is 0.391. The minimum atomic E-state index is -0.566. The maximum absolute atomic E-state index is 13.4. The number of aromatic hydroxyl groups is 1. The fourth-order valence-electron chi connectivity index (χ4n) is 2.59. The van der Waals surface area contributed by atoms with Crippen LogP contribution in [-0.4, -0.2) is 5.11 Å². The average Bonchev–Trinajstić information content (AvgIpc) is 2.75. The van der Waals surface area contributed by atoms with Crippen LogP contribution in [0.3, 0.4) is 0 Å². The van der Waals surface area contributed by atoms with Crippen LogP contribution in [0.5, 0.6) is 5.75 Å². The van der Waals surface area contributed by atoms with Crippen molar-refractivity contribution in [3.8, 4) is 5.75 Å². The van der Waals surface area contributed by atoms with Gasteiger partial charge < -0.3 is 10.8 Å². The Morgan fingerprint density at radius 2 is 2.00 bits per heavy atom. The molecular formula is C13H18FNO. The molecule has 3 heteroatoms. The molecule has 1 atom stereocenters. The molecule has 16 heavy (non-hydrogen) atoms. The number of halogens is 1. The zero-order valence-electron chi connectivity index (χ0n) is 9.54. The largest absolute Gasteiger partial charge is 0.505 e. The number of phenols is 1. The van der Waals surface area contributed by atoms with E-state index in [0.717, 1.165) is 18.4 Å². The van der Waals surface area contributed by atoms with Crippen LogP contribution in [0.15, 0.2) is 12.1 Å². The molecule has 88 valence electrons. The molecule has 0 aliphatic heterocycles. The van der Waals surface area contributed by atoms with Gasteiger partial charge in [0.1, 0.15) is 0 Å². The molecule has 0 aromatic heterocycles. The van der Waals surface area contributed by atoms with Gasteiger partial charge in [-0.1, -0.05) is 18.9 Å². The summed E-state index contributed by atoms with van der Waals surface area (Å²) < 4.78 is 13.4. The number of phenolic OH excluding ortho intramolecular Hbond substituents is 1. The summed E-state index contributed by atoms with van der Waals surface area (Å²) in [6.07, 6.45) is 4.53. The van der Waals surface area contributed by atoms with Crippen LogP contribution < -0.4 is 5.73 Å². The van der Waals surface area contributed by atoms with Gasteiger partial charge in [-0.05, 0) is 37.3 Å². The molecule has 0 spiro atoms. The van der Waals surface area contributed by atoms with Crippen LogP contribution in [0, 0.1) is 18.7 Å². The normalized spacial score (nSPS) is 18.9. The average molecular weight is 223 g/mol. The van der Waals surface area contributed by atoms with E-state index < -0.39 is 5.82 Å². The smallest absolute Gasteiger partial charge is 0.165 e. The summed E-state index contributed by atoms with van der Waals surface area (Å²) in [6.45, 7) is 1.81.